The minimum atomic E-state index is -4.74. The van der Waals surface area contributed by atoms with E-state index in [-0.39, 0.29) is 12.0 Å². The third-order valence-corrected chi connectivity index (χ3v) is 1.48. The second-order valence-electron chi connectivity index (χ2n) is 1.14. The summed E-state index contributed by atoms with van der Waals surface area (Å²) in [6.45, 7) is 0. The fourth-order valence-electron chi connectivity index (χ4n) is 0.113. The van der Waals surface area contributed by atoms with Crippen molar-refractivity contribution in [1.29, 1.82) is 0 Å². The van der Waals surface area contributed by atoms with Crippen LogP contribution < -0.4 is 0 Å². The molecule has 0 aliphatic heterocycles. The second-order valence-corrected chi connectivity index (χ2v) is 2.52. The molecule has 0 saturated heterocycles. The zero-order chi connectivity index (χ0) is 8.20. The lowest BCUT2D eigenvalue weighted by Crippen LogP contribution is -2.24. The minimum Gasteiger partial charge on any atom is -0.372 e. The van der Waals surface area contributed by atoms with Gasteiger partial charge >= 0.3 is 14.9 Å². The highest BCUT2D eigenvalue weighted by atomic mass is 32.2. The zero-order valence-electron chi connectivity index (χ0n) is 4.33. The molecule has 0 aromatic carbocycles. The number of aliphatic hydroxyl groups is 1. The van der Waals surface area contributed by atoms with E-state index in [1.807, 2.05) is 0 Å². The number of hydrogen-bond donors (Lipinski definition) is 1. The maximum absolute atomic E-state index is 11.3. The number of alkyl halides is 3. The van der Waals surface area contributed by atoms with Gasteiger partial charge < -0.3 is 5.11 Å². The standard InChI is InChI=1S/C2H2F3O3PS/c3-2(4,5)1(6)10-8-9-7/h1,6H/t1-/m1/s1. The molecule has 0 fully saturated rings. The van der Waals surface area contributed by atoms with Crippen molar-refractivity contribution in [2.45, 2.75) is 11.6 Å². The van der Waals surface area contributed by atoms with Crippen molar-refractivity contribution in [2.24, 2.45) is 0 Å². The van der Waals surface area contributed by atoms with E-state index >= 15 is 0 Å². The van der Waals surface area contributed by atoms with Gasteiger partial charge in [-0.15, -0.1) is 0 Å². The van der Waals surface area contributed by atoms with Gasteiger partial charge in [0.2, 0.25) is 5.44 Å². The molecule has 3 nitrogen and oxygen atoms in total. The molecular weight excluding hydrogens is 192 g/mol. The van der Waals surface area contributed by atoms with E-state index in [1.54, 1.807) is 0 Å². The molecule has 0 aromatic rings. The quantitative estimate of drug-likeness (QED) is 0.422. The van der Waals surface area contributed by atoms with Crippen molar-refractivity contribution in [3.05, 3.63) is 0 Å². The predicted octanol–water partition coefficient (Wildman–Crippen LogP) is 1.74. The van der Waals surface area contributed by atoms with Crippen LogP contribution in [0.1, 0.15) is 0 Å². The SMILES string of the molecule is O=POS[C@@H](O)C(F)(F)F. The summed E-state index contributed by atoms with van der Waals surface area (Å²) in [4.78, 5) is 0. The predicted molar refractivity (Wildman–Crippen MR) is 28.3 cm³/mol. The molecule has 0 radical (unpaired) electrons. The van der Waals surface area contributed by atoms with E-state index in [1.165, 1.54) is 0 Å². The Morgan fingerprint density at radius 1 is 1.60 bits per heavy atom. The molecule has 0 heterocycles. The number of rotatable bonds is 3. The van der Waals surface area contributed by atoms with Crippen molar-refractivity contribution in [3.63, 3.8) is 0 Å². The molecular formula is C2H2F3O3PS. The van der Waals surface area contributed by atoms with E-state index in [0.717, 1.165) is 0 Å². The molecule has 0 unspecified atom stereocenters. The molecule has 0 amide bonds. The molecule has 0 saturated carbocycles. The van der Waals surface area contributed by atoms with E-state index in [9.17, 15) is 17.7 Å². The molecule has 60 valence electrons. The van der Waals surface area contributed by atoms with Crippen LogP contribution in [0.4, 0.5) is 13.2 Å². The Labute approximate surface area is 60.0 Å². The highest BCUT2D eigenvalue weighted by Crippen LogP contribution is 2.30. The molecule has 0 spiro atoms. The van der Waals surface area contributed by atoms with Gasteiger partial charge in [0.15, 0.2) is 0 Å². The second kappa shape index (κ2) is 4.12. The summed E-state index contributed by atoms with van der Waals surface area (Å²) in [7, 11) is -0.909. The summed E-state index contributed by atoms with van der Waals surface area (Å²) in [6, 6.07) is 0. The summed E-state index contributed by atoms with van der Waals surface area (Å²) in [5.74, 6) is 0. The van der Waals surface area contributed by atoms with Crippen LogP contribution in [0.3, 0.4) is 0 Å². The van der Waals surface area contributed by atoms with E-state index in [2.05, 4.69) is 3.97 Å². The van der Waals surface area contributed by atoms with Crippen LogP contribution in [-0.4, -0.2) is 16.7 Å². The Hall–Kier alpha value is 0.160. The molecule has 8 heteroatoms. The third kappa shape index (κ3) is 4.05. The van der Waals surface area contributed by atoms with Crippen LogP contribution in [0.15, 0.2) is 0 Å². The summed E-state index contributed by atoms with van der Waals surface area (Å²) >= 11 is -0.311. The first-order valence-corrected chi connectivity index (χ1v) is 3.42. The van der Waals surface area contributed by atoms with E-state index < -0.39 is 20.3 Å². The maximum atomic E-state index is 11.3. The van der Waals surface area contributed by atoms with E-state index in [4.69, 9.17) is 5.11 Å². The van der Waals surface area contributed by atoms with Gasteiger partial charge in [-0.25, -0.2) is 8.54 Å². The average molecular weight is 194 g/mol. The van der Waals surface area contributed by atoms with Crippen molar-refractivity contribution in [2.75, 3.05) is 0 Å². The van der Waals surface area contributed by atoms with Gasteiger partial charge in [-0.1, -0.05) is 0 Å². The van der Waals surface area contributed by atoms with Crippen molar-refractivity contribution < 1.29 is 26.8 Å². The van der Waals surface area contributed by atoms with Gasteiger partial charge in [-0.2, -0.15) is 13.2 Å². The first-order valence-electron chi connectivity index (χ1n) is 1.88. The van der Waals surface area contributed by atoms with Gasteiger partial charge in [0.05, 0.1) is 0 Å². The van der Waals surface area contributed by atoms with Gasteiger partial charge in [-0.3, -0.25) is 0 Å². The fraction of sp³-hybridized carbons (Fsp3) is 1.00. The largest absolute Gasteiger partial charge is 0.426 e. The van der Waals surface area contributed by atoms with Crippen LogP contribution in [0.2, 0.25) is 0 Å². The monoisotopic (exact) mass is 194 g/mol. The highest BCUT2D eigenvalue weighted by molar-refractivity contribution is 7.97. The molecule has 0 rings (SSSR count). The zero-order valence-corrected chi connectivity index (χ0v) is 6.04. The van der Waals surface area contributed by atoms with E-state index in [0.29, 0.717) is 0 Å². The van der Waals surface area contributed by atoms with Crippen molar-refractivity contribution in [3.8, 4) is 0 Å². The van der Waals surface area contributed by atoms with Crippen LogP contribution in [0.5, 0.6) is 0 Å². The number of hydrogen-bond acceptors (Lipinski definition) is 4. The Kier molecular flexibility index (Phi) is 4.19. The number of halogens is 3. The Balaban J connectivity index is 3.61. The summed E-state index contributed by atoms with van der Waals surface area (Å²) in [6.07, 6.45) is -4.74. The third-order valence-electron chi connectivity index (χ3n) is 0.445. The van der Waals surface area contributed by atoms with Crippen LogP contribution in [0, 0.1) is 0 Å². The molecule has 1 atom stereocenters. The van der Waals surface area contributed by atoms with Crippen LogP contribution in [-0.2, 0) is 8.54 Å². The highest BCUT2D eigenvalue weighted by Gasteiger charge is 2.39. The lowest BCUT2D eigenvalue weighted by atomic mass is 10.7. The summed E-state index contributed by atoms with van der Waals surface area (Å²) < 4.78 is 47.0. The Morgan fingerprint density at radius 3 is 2.40 bits per heavy atom. The summed E-state index contributed by atoms with van der Waals surface area (Å²) in [5.41, 5.74) is -2.64. The van der Waals surface area contributed by atoms with Gasteiger partial charge in [-0.05, 0) is 0 Å². The molecule has 0 aromatic heterocycles. The van der Waals surface area contributed by atoms with Crippen molar-refractivity contribution in [1.82, 2.24) is 0 Å². The lowest BCUT2D eigenvalue weighted by Gasteiger charge is -2.09. The van der Waals surface area contributed by atoms with Gasteiger partial charge in [0.1, 0.15) is 0 Å². The molecule has 10 heavy (non-hydrogen) atoms. The Morgan fingerprint density at radius 2 is 2.10 bits per heavy atom. The molecule has 0 aliphatic carbocycles. The fourth-order valence-corrected chi connectivity index (χ4v) is 0.689. The average Bonchev–Trinajstić information content (AvgIpc) is 1.80. The topological polar surface area (TPSA) is 46.5 Å². The van der Waals surface area contributed by atoms with Gasteiger partial charge in [0.25, 0.3) is 0 Å². The minimum absolute atomic E-state index is 0.311. The first-order chi connectivity index (χ1) is 4.48. The molecule has 0 aliphatic rings. The lowest BCUT2D eigenvalue weighted by molar-refractivity contribution is -0.174. The molecule has 1 N–H and O–H groups in total. The smallest absolute Gasteiger partial charge is 0.372 e. The number of aliphatic hydroxyl groups excluding tert-OH is 1. The maximum Gasteiger partial charge on any atom is 0.426 e. The Bertz CT molecular complexity index is 117. The van der Waals surface area contributed by atoms with Crippen LogP contribution in [0.25, 0.3) is 0 Å². The van der Waals surface area contributed by atoms with Crippen molar-refractivity contribution >= 4 is 20.7 Å². The molecule has 0 bridgehead atoms. The van der Waals surface area contributed by atoms with Gasteiger partial charge in [0, 0.05) is 12.0 Å². The summed E-state index contributed by atoms with van der Waals surface area (Å²) in [5, 5.41) is 8.09. The van der Waals surface area contributed by atoms with Crippen LogP contribution >= 0.6 is 20.7 Å². The normalized spacial score (nSPS) is 15.6. The first kappa shape index (κ1) is 10.2.